The Morgan fingerprint density at radius 1 is 1.20 bits per heavy atom. The van der Waals surface area contributed by atoms with Crippen molar-refractivity contribution in [2.24, 2.45) is 4.99 Å². The number of aromatic nitrogens is 4. The fourth-order valence-corrected chi connectivity index (χ4v) is 3.31. The molecule has 0 spiro atoms. The second-order valence-electron chi connectivity index (χ2n) is 6.41. The van der Waals surface area contributed by atoms with E-state index >= 15 is 0 Å². The number of hydrogen-bond acceptors (Lipinski definition) is 8. The Labute approximate surface area is 141 Å². The Hall–Kier alpha value is -3.20. The molecule has 3 aliphatic rings. The summed E-state index contributed by atoms with van der Waals surface area (Å²) in [7, 11) is 0. The lowest BCUT2D eigenvalue weighted by Gasteiger charge is -2.32. The van der Waals surface area contributed by atoms with Crippen molar-refractivity contribution in [2.45, 2.75) is 18.4 Å². The highest BCUT2D eigenvalue weighted by Crippen LogP contribution is 2.44. The van der Waals surface area contributed by atoms with E-state index in [2.05, 4.69) is 20.1 Å². The number of nitrogens with zero attached hydrogens (tertiary/aromatic N) is 7. The topological polar surface area (TPSA) is 95.8 Å². The first-order valence-electron chi connectivity index (χ1n) is 8.05. The van der Waals surface area contributed by atoms with Crippen LogP contribution in [0.5, 0.6) is 0 Å². The third-order valence-electron chi connectivity index (χ3n) is 4.81. The molecule has 1 saturated carbocycles. The van der Waals surface area contributed by atoms with Crippen molar-refractivity contribution < 1.29 is 9.63 Å². The maximum Gasteiger partial charge on any atom is 0.345 e. The molecule has 1 fully saturated rings. The molecule has 124 valence electrons. The Bertz CT molecular complexity index is 1030. The molecule has 4 heterocycles. The summed E-state index contributed by atoms with van der Waals surface area (Å²) in [5.74, 6) is 2.00. The molecule has 0 amide bonds. The monoisotopic (exact) mass is 335 g/mol. The SMILES string of the molecule is OC1(c2noc(N3CN=C4c5ccccc5-n5cncc5N43)n2)CC1. The van der Waals surface area contributed by atoms with Gasteiger partial charge in [-0.25, -0.2) is 20.0 Å². The number of fused-ring (bicyclic) bond motifs is 6. The Morgan fingerprint density at radius 3 is 2.96 bits per heavy atom. The van der Waals surface area contributed by atoms with Crippen LogP contribution in [0.25, 0.3) is 5.69 Å². The number of imidazole rings is 1. The van der Waals surface area contributed by atoms with Crippen LogP contribution in [-0.2, 0) is 5.60 Å². The van der Waals surface area contributed by atoms with Crippen molar-refractivity contribution in [3.05, 3.63) is 48.2 Å². The molecule has 1 aromatic carbocycles. The van der Waals surface area contributed by atoms with Crippen LogP contribution in [0, 0.1) is 0 Å². The van der Waals surface area contributed by atoms with Crippen LogP contribution in [0.2, 0.25) is 0 Å². The van der Waals surface area contributed by atoms with Gasteiger partial charge in [-0.3, -0.25) is 4.57 Å². The van der Waals surface area contributed by atoms with E-state index in [1.54, 1.807) is 17.5 Å². The molecule has 0 bridgehead atoms. The van der Waals surface area contributed by atoms with E-state index in [1.165, 1.54) is 0 Å². The first-order valence-corrected chi connectivity index (χ1v) is 8.05. The van der Waals surface area contributed by atoms with Gasteiger partial charge in [-0.15, -0.1) is 0 Å². The fourth-order valence-electron chi connectivity index (χ4n) is 3.31. The largest absolute Gasteiger partial charge is 0.382 e. The van der Waals surface area contributed by atoms with Crippen molar-refractivity contribution in [3.8, 4) is 5.69 Å². The number of aliphatic imine (C=N–C) groups is 1. The van der Waals surface area contributed by atoms with Crippen molar-refractivity contribution >= 4 is 17.7 Å². The number of hydrazine groups is 1. The van der Waals surface area contributed by atoms with Crippen LogP contribution in [0.1, 0.15) is 24.2 Å². The van der Waals surface area contributed by atoms with Gasteiger partial charge in [0, 0.05) is 5.56 Å². The van der Waals surface area contributed by atoms with E-state index in [-0.39, 0.29) is 0 Å². The average molecular weight is 335 g/mol. The summed E-state index contributed by atoms with van der Waals surface area (Å²) < 4.78 is 7.40. The summed E-state index contributed by atoms with van der Waals surface area (Å²) in [5, 5.41) is 17.8. The minimum Gasteiger partial charge on any atom is -0.382 e. The molecule has 1 N–H and O–H groups in total. The van der Waals surface area contributed by atoms with Crippen LogP contribution in [0.4, 0.5) is 11.8 Å². The summed E-state index contributed by atoms with van der Waals surface area (Å²) in [6, 6.07) is 8.35. The van der Waals surface area contributed by atoms with Crippen molar-refractivity contribution in [2.75, 3.05) is 16.7 Å². The molecule has 2 aliphatic heterocycles. The van der Waals surface area contributed by atoms with Crippen LogP contribution in [-0.4, -0.2) is 37.3 Å². The quantitative estimate of drug-likeness (QED) is 0.751. The third kappa shape index (κ3) is 1.65. The lowest BCUT2D eigenvalue weighted by atomic mass is 10.1. The molecule has 1 aliphatic carbocycles. The van der Waals surface area contributed by atoms with Gasteiger partial charge in [0.15, 0.2) is 11.7 Å². The highest BCUT2D eigenvalue weighted by atomic mass is 16.5. The van der Waals surface area contributed by atoms with Crippen LogP contribution >= 0.6 is 0 Å². The maximum atomic E-state index is 10.2. The van der Waals surface area contributed by atoms with E-state index in [0.29, 0.717) is 31.3 Å². The third-order valence-corrected chi connectivity index (χ3v) is 4.81. The smallest absolute Gasteiger partial charge is 0.345 e. The van der Waals surface area contributed by atoms with Crippen LogP contribution in [0.15, 0.2) is 46.3 Å². The summed E-state index contributed by atoms with van der Waals surface area (Å²) in [5.41, 5.74) is 1.11. The van der Waals surface area contributed by atoms with Gasteiger partial charge in [0.25, 0.3) is 0 Å². The zero-order valence-corrected chi connectivity index (χ0v) is 13.1. The number of amidine groups is 1. The van der Waals surface area contributed by atoms with Crippen molar-refractivity contribution in [3.63, 3.8) is 0 Å². The lowest BCUT2D eigenvalue weighted by Crippen LogP contribution is -2.45. The standard InChI is InChI=1S/C16H13N7O2/c24-16(5-6-16)14-19-15(25-20-14)22-9-18-13-10-3-1-2-4-11(10)21-8-17-7-12(21)23(13)22/h1-4,7-8,24H,5-6,9H2. The normalized spacial score (nSPS) is 19.3. The highest BCUT2D eigenvalue weighted by Gasteiger charge is 2.48. The fraction of sp³-hybridized carbons (Fsp3) is 0.250. The van der Waals surface area contributed by atoms with E-state index in [1.807, 2.05) is 33.8 Å². The zero-order chi connectivity index (χ0) is 16.6. The Morgan fingerprint density at radius 2 is 2.08 bits per heavy atom. The van der Waals surface area contributed by atoms with Crippen molar-refractivity contribution in [1.82, 2.24) is 19.7 Å². The van der Waals surface area contributed by atoms with Crippen LogP contribution in [0.3, 0.4) is 0 Å². The summed E-state index contributed by atoms with van der Waals surface area (Å²) in [6.45, 7) is 0.356. The second-order valence-corrected chi connectivity index (χ2v) is 6.41. The van der Waals surface area contributed by atoms with E-state index in [9.17, 15) is 5.11 Å². The molecule has 9 nitrogen and oxygen atoms in total. The predicted molar refractivity (Wildman–Crippen MR) is 87.4 cm³/mol. The first kappa shape index (κ1) is 13.1. The molecular weight excluding hydrogens is 322 g/mol. The Kier molecular flexibility index (Phi) is 2.23. The molecule has 0 saturated heterocycles. The minimum atomic E-state index is -0.929. The number of para-hydroxylation sites is 1. The van der Waals surface area contributed by atoms with Gasteiger partial charge >= 0.3 is 6.01 Å². The lowest BCUT2D eigenvalue weighted by molar-refractivity contribution is 0.137. The van der Waals surface area contributed by atoms with Gasteiger partial charge in [-0.1, -0.05) is 17.3 Å². The van der Waals surface area contributed by atoms with Gasteiger partial charge < -0.3 is 9.63 Å². The summed E-state index contributed by atoms with van der Waals surface area (Å²) in [6.07, 6.45) is 4.87. The number of hydrogen-bond donors (Lipinski definition) is 1. The molecule has 0 unspecified atom stereocenters. The minimum absolute atomic E-state index is 0.307. The molecule has 9 heteroatoms. The van der Waals surface area contributed by atoms with E-state index < -0.39 is 5.60 Å². The molecule has 0 radical (unpaired) electrons. The van der Waals surface area contributed by atoms with Gasteiger partial charge in [0.05, 0.1) is 11.9 Å². The van der Waals surface area contributed by atoms with E-state index in [4.69, 9.17) is 4.52 Å². The molecular formula is C16H13N7O2. The molecule has 2 aromatic heterocycles. The van der Waals surface area contributed by atoms with Gasteiger partial charge in [0.2, 0.25) is 5.82 Å². The zero-order valence-electron chi connectivity index (χ0n) is 13.1. The molecule has 6 rings (SSSR count). The molecule has 0 atom stereocenters. The summed E-state index contributed by atoms with van der Waals surface area (Å²) >= 11 is 0. The van der Waals surface area contributed by atoms with E-state index in [0.717, 1.165) is 22.9 Å². The van der Waals surface area contributed by atoms with Gasteiger partial charge in [0.1, 0.15) is 18.6 Å². The average Bonchev–Trinajstić information content (AvgIpc) is 3.12. The highest BCUT2D eigenvalue weighted by molar-refractivity contribution is 6.16. The van der Waals surface area contributed by atoms with Crippen LogP contribution < -0.4 is 10.0 Å². The molecule has 25 heavy (non-hydrogen) atoms. The summed E-state index contributed by atoms with van der Waals surface area (Å²) in [4.78, 5) is 13.3. The Balaban J connectivity index is 1.47. The number of anilines is 2. The van der Waals surface area contributed by atoms with Crippen molar-refractivity contribution in [1.29, 1.82) is 0 Å². The maximum absolute atomic E-state index is 10.2. The number of rotatable bonds is 2. The van der Waals surface area contributed by atoms with Gasteiger partial charge in [-0.2, -0.15) is 4.98 Å². The molecule has 3 aromatic rings. The first-order chi connectivity index (χ1) is 12.2. The number of aliphatic hydroxyl groups is 1. The second kappa shape index (κ2) is 4.25. The predicted octanol–water partition coefficient (Wildman–Crippen LogP) is 1.20. The number of benzene rings is 1. The van der Waals surface area contributed by atoms with Gasteiger partial charge in [-0.05, 0) is 25.0 Å².